The molecule has 0 radical (unpaired) electrons. The topological polar surface area (TPSA) is 72.6 Å². The predicted octanol–water partition coefficient (Wildman–Crippen LogP) is 2.75. The molecule has 0 saturated carbocycles. The summed E-state index contributed by atoms with van der Waals surface area (Å²) in [5.74, 6) is 0.990. The first-order valence-corrected chi connectivity index (χ1v) is 12.9. The minimum absolute atomic E-state index is 0.307. The summed E-state index contributed by atoms with van der Waals surface area (Å²) in [6.45, 7) is 6.37. The summed E-state index contributed by atoms with van der Waals surface area (Å²) in [4.78, 5) is 7.71. The molecule has 2 aliphatic rings. The fourth-order valence-electron chi connectivity index (χ4n) is 5.08. The van der Waals surface area contributed by atoms with E-state index in [0.717, 1.165) is 42.9 Å². The number of morpholine rings is 1. The highest BCUT2D eigenvalue weighted by molar-refractivity contribution is 7.89. The molecule has 2 fully saturated rings. The van der Waals surface area contributed by atoms with Gasteiger partial charge in [-0.3, -0.25) is 4.90 Å². The molecule has 2 aromatic heterocycles. The van der Waals surface area contributed by atoms with E-state index >= 15 is 0 Å². The van der Waals surface area contributed by atoms with Gasteiger partial charge in [0.15, 0.2) is 0 Å². The fourth-order valence-corrected chi connectivity index (χ4v) is 6.51. The summed E-state index contributed by atoms with van der Waals surface area (Å²) in [6, 6.07) is 10.0. The zero-order valence-electron chi connectivity index (χ0n) is 18.8. The van der Waals surface area contributed by atoms with Gasteiger partial charge in [-0.1, -0.05) is 0 Å². The van der Waals surface area contributed by atoms with Crippen LogP contribution in [0.4, 0.5) is 0 Å². The lowest BCUT2D eigenvalue weighted by molar-refractivity contribution is 0.0730. The van der Waals surface area contributed by atoms with Crippen molar-refractivity contribution in [2.75, 3.05) is 32.8 Å². The molecule has 172 valence electrons. The van der Waals surface area contributed by atoms with Crippen LogP contribution in [-0.4, -0.2) is 64.6 Å². The van der Waals surface area contributed by atoms with E-state index < -0.39 is 10.0 Å². The van der Waals surface area contributed by atoms with Gasteiger partial charge in [0.1, 0.15) is 5.82 Å². The molecule has 9 heteroatoms. The Balaban J connectivity index is 1.46. The molecule has 32 heavy (non-hydrogen) atoms. The van der Waals surface area contributed by atoms with Crippen molar-refractivity contribution in [1.82, 2.24) is 23.3 Å². The van der Waals surface area contributed by atoms with Gasteiger partial charge in [-0.15, -0.1) is 0 Å². The first-order chi connectivity index (χ1) is 15.5. The van der Waals surface area contributed by atoms with Crippen LogP contribution in [0.15, 0.2) is 41.4 Å². The van der Waals surface area contributed by atoms with Gasteiger partial charge >= 0.3 is 0 Å². The first-order valence-electron chi connectivity index (χ1n) is 11.4. The van der Waals surface area contributed by atoms with E-state index in [1.807, 2.05) is 6.07 Å². The zero-order valence-corrected chi connectivity index (χ0v) is 19.6. The predicted molar refractivity (Wildman–Crippen MR) is 123 cm³/mol. The quantitative estimate of drug-likeness (QED) is 0.569. The molecule has 0 aliphatic carbocycles. The van der Waals surface area contributed by atoms with Gasteiger partial charge in [-0.05, 0) is 56.6 Å². The number of aryl methyl sites for hydroxylation is 2. The van der Waals surface area contributed by atoms with Crippen LogP contribution in [0, 0.1) is 0 Å². The molecular formula is C23H31N5O3S. The monoisotopic (exact) mass is 457 g/mol. The van der Waals surface area contributed by atoms with Crippen molar-refractivity contribution in [2.45, 2.75) is 43.8 Å². The van der Waals surface area contributed by atoms with Crippen LogP contribution in [0.2, 0.25) is 0 Å². The lowest BCUT2D eigenvalue weighted by Crippen LogP contribution is -2.40. The third kappa shape index (κ3) is 3.77. The Morgan fingerprint density at radius 2 is 1.97 bits per heavy atom. The minimum Gasteiger partial charge on any atom is -0.379 e. The number of aromatic nitrogens is 3. The van der Waals surface area contributed by atoms with Gasteiger partial charge < -0.3 is 13.9 Å². The van der Waals surface area contributed by atoms with E-state index in [9.17, 15) is 8.42 Å². The molecule has 0 amide bonds. The number of sulfonamides is 1. The van der Waals surface area contributed by atoms with Gasteiger partial charge in [0.25, 0.3) is 0 Å². The second-order valence-corrected chi connectivity index (χ2v) is 10.5. The molecule has 8 nitrogen and oxygen atoms in total. The summed E-state index contributed by atoms with van der Waals surface area (Å²) in [6.07, 6.45) is 4.42. The normalized spacial score (nSPS) is 21.0. The number of imidazole rings is 1. The SMILES string of the molecule is CCn1c(CN2CCCC2c2cccn2C)nc2cc(S(=O)(=O)N3CCOCC3)ccc21. The summed E-state index contributed by atoms with van der Waals surface area (Å²) in [5.41, 5.74) is 3.06. The lowest BCUT2D eigenvalue weighted by Gasteiger charge is -2.26. The van der Waals surface area contributed by atoms with E-state index in [2.05, 4.69) is 46.3 Å². The zero-order chi connectivity index (χ0) is 22.3. The summed E-state index contributed by atoms with van der Waals surface area (Å²) >= 11 is 0. The Hall–Kier alpha value is -2.20. The van der Waals surface area contributed by atoms with Crippen LogP contribution >= 0.6 is 0 Å². The number of hydrogen-bond acceptors (Lipinski definition) is 5. The van der Waals surface area contributed by atoms with Gasteiger partial charge in [0, 0.05) is 38.6 Å². The molecule has 1 aromatic carbocycles. The number of fused-ring (bicyclic) bond motifs is 1. The van der Waals surface area contributed by atoms with Gasteiger partial charge in [-0.2, -0.15) is 4.31 Å². The van der Waals surface area contributed by atoms with Crippen molar-refractivity contribution >= 4 is 21.1 Å². The molecule has 0 N–H and O–H groups in total. The fraction of sp³-hybridized carbons (Fsp3) is 0.522. The van der Waals surface area contributed by atoms with E-state index in [0.29, 0.717) is 37.2 Å². The molecule has 5 rings (SSSR count). The third-order valence-corrected chi connectivity index (χ3v) is 8.65. The van der Waals surface area contributed by atoms with Crippen LogP contribution < -0.4 is 0 Å². The standard InChI is InChI=1S/C23H31N5O3S/c1-3-28-20-9-8-18(32(29,30)27-12-14-31-15-13-27)16-19(20)24-23(28)17-26-11-5-7-22(26)21-6-4-10-25(21)2/h4,6,8-10,16,22H,3,5,7,11-15,17H2,1-2H3. The third-order valence-electron chi connectivity index (χ3n) is 6.76. The Morgan fingerprint density at radius 3 is 2.69 bits per heavy atom. The second-order valence-electron chi connectivity index (χ2n) is 8.61. The molecule has 3 aromatic rings. The minimum atomic E-state index is -3.54. The van der Waals surface area contributed by atoms with Crippen LogP contribution in [0.5, 0.6) is 0 Å². The molecule has 1 unspecified atom stereocenters. The maximum Gasteiger partial charge on any atom is 0.243 e. The molecule has 2 aliphatic heterocycles. The molecule has 2 saturated heterocycles. The Bertz CT molecular complexity index is 1210. The van der Waals surface area contributed by atoms with Gasteiger partial charge in [0.05, 0.1) is 41.7 Å². The Kier molecular flexibility index (Phi) is 5.83. The average Bonchev–Trinajstić information content (AvgIpc) is 3.52. The maximum absolute atomic E-state index is 13.1. The van der Waals surface area contributed by atoms with E-state index in [1.165, 1.54) is 16.4 Å². The van der Waals surface area contributed by atoms with E-state index in [1.54, 1.807) is 12.1 Å². The average molecular weight is 458 g/mol. The lowest BCUT2D eigenvalue weighted by atomic mass is 10.1. The highest BCUT2D eigenvalue weighted by atomic mass is 32.2. The Labute approximate surface area is 189 Å². The van der Waals surface area contributed by atoms with Gasteiger partial charge in [-0.25, -0.2) is 13.4 Å². The first kappa shape index (κ1) is 21.6. The molecular weight excluding hydrogens is 426 g/mol. The van der Waals surface area contributed by atoms with Crippen molar-refractivity contribution in [3.63, 3.8) is 0 Å². The van der Waals surface area contributed by atoms with Crippen molar-refractivity contribution in [2.24, 2.45) is 7.05 Å². The van der Waals surface area contributed by atoms with E-state index in [-0.39, 0.29) is 0 Å². The largest absolute Gasteiger partial charge is 0.379 e. The Morgan fingerprint density at radius 1 is 1.16 bits per heavy atom. The van der Waals surface area contributed by atoms with Crippen LogP contribution in [-0.2, 0) is 34.9 Å². The molecule has 4 heterocycles. The maximum atomic E-state index is 13.1. The van der Waals surface area contributed by atoms with Crippen LogP contribution in [0.25, 0.3) is 11.0 Å². The van der Waals surface area contributed by atoms with Gasteiger partial charge in [0.2, 0.25) is 10.0 Å². The van der Waals surface area contributed by atoms with Crippen molar-refractivity contribution in [3.8, 4) is 0 Å². The number of benzene rings is 1. The summed E-state index contributed by atoms with van der Waals surface area (Å²) in [7, 11) is -1.44. The number of rotatable bonds is 6. The second kappa shape index (κ2) is 8.62. The molecule has 1 atom stereocenters. The molecule has 0 spiro atoms. The highest BCUT2D eigenvalue weighted by Gasteiger charge is 2.30. The highest BCUT2D eigenvalue weighted by Crippen LogP contribution is 2.33. The van der Waals surface area contributed by atoms with E-state index in [4.69, 9.17) is 9.72 Å². The van der Waals surface area contributed by atoms with Crippen molar-refractivity contribution < 1.29 is 13.2 Å². The van der Waals surface area contributed by atoms with Crippen LogP contribution in [0.3, 0.4) is 0 Å². The smallest absolute Gasteiger partial charge is 0.243 e. The molecule has 0 bridgehead atoms. The van der Waals surface area contributed by atoms with Crippen molar-refractivity contribution in [1.29, 1.82) is 0 Å². The number of likely N-dealkylation sites (tertiary alicyclic amines) is 1. The number of ether oxygens (including phenoxy) is 1. The van der Waals surface area contributed by atoms with Crippen molar-refractivity contribution in [3.05, 3.63) is 48.0 Å². The summed E-state index contributed by atoms with van der Waals surface area (Å²) in [5, 5.41) is 0. The number of hydrogen-bond donors (Lipinski definition) is 0. The summed E-state index contributed by atoms with van der Waals surface area (Å²) < 4.78 is 37.4. The number of nitrogens with zero attached hydrogens (tertiary/aromatic N) is 5. The van der Waals surface area contributed by atoms with Crippen LogP contribution in [0.1, 0.15) is 37.3 Å².